The Hall–Kier alpha value is 0.913. The predicted octanol–water partition coefficient (Wildman–Crippen LogP) is 2.82. The molecule has 0 saturated carbocycles. The first-order chi connectivity index (χ1) is 2.91. The van der Waals surface area contributed by atoms with Crippen molar-refractivity contribution in [1.29, 1.82) is 0 Å². The molecule has 48 valence electrons. The van der Waals surface area contributed by atoms with Crippen molar-refractivity contribution in [3.8, 4) is 0 Å². The van der Waals surface area contributed by atoms with Gasteiger partial charge in [0.05, 0.1) is 0 Å². The van der Waals surface area contributed by atoms with Crippen LogP contribution in [0.3, 0.4) is 0 Å². The SMILES string of the molecule is Cl.[CH2-]CCCCC.[Zn]. The van der Waals surface area contributed by atoms with Crippen LogP contribution in [-0.4, -0.2) is 0 Å². The van der Waals surface area contributed by atoms with Crippen LogP contribution in [0.1, 0.15) is 32.6 Å². The van der Waals surface area contributed by atoms with Gasteiger partial charge in [0.15, 0.2) is 0 Å². The Balaban J connectivity index is -0.000000125. The van der Waals surface area contributed by atoms with Crippen LogP contribution in [0.15, 0.2) is 0 Å². The zero-order chi connectivity index (χ0) is 4.83. The maximum Gasteiger partial charge on any atom is 0 e. The summed E-state index contributed by atoms with van der Waals surface area (Å²) in [6, 6.07) is 0. The van der Waals surface area contributed by atoms with E-state index in [0.717, 1.165) is 6.42 Å². The molecule has 0 radical (unpaired) electrons. The second-order valence-electron chi connectivity index (χ2n) is 1.56. The van der Waals surface area contributed by atoms with E-state index in [-0.39, 0.29) is 31.9 Å². The van der Waals surface area contributed by atoms with Crippen molar-refractivity contribution in [2.45, 2.75) is 32.6 Å². The summed E-state index contributed by atoms with van der Waals surface area (Å²) in [5.74, 6) is 0. The molecule has 0 heterocycles. The third kappa shape index (κ3) is 15.8. The van der Waals surface area contributed by atoms with Gasteiger partial charge in [-0.05, 0) is 0 Å². The average molecular weight is 187 g/mol. The van der Waals surface area contributed by atoms with Gasteiger partial charge in [0.1, 0.15) is 0 Å². The van der Waals surface area contributed by atoms with Gasteiger partial charge in [0.25, 0.3) is 0 Å². The molecule has 0 unspecified atom stereocenters. The third-order valence-corrected chi connectivity index (χ3v) is 0.854. The standard InChI is InChI=1S/C6H13.ClH.Zn/c1-3-5-6-4-2;;/h1,3-6H2,2H3;1H;/q-1;;. The van der Waals surface area contributed by atoms with E-state index in [2.05, 4.69) is 13.8 Å². The van der Waals surface area contributed by atoms with Crippen molar-refractivity contribution in [3.63, 3.8) is 0 Å². The minimum Gasteiger partial charge on any atom is -0.343 e. The predicted molar refractivity (Wildman–Crippen MR) is 36.7 cm³/mol. The first kappa shape index (κ1) is 16.0. The summed E-state index contributed by atoms with van der Waals surface area (Å²) in [6.07, 6.45) is 5.07. The average Bonchev–Trinajstić information content (AvgIpc) is 1.61. The Kier molecular flexibility index (Phi) is 31.3. The van der Waals surface area contributed by atoms with Crippen molar-refractivity contribution in [1.82, 2.24) is 0 Å². The normalized spacial score (nSPS) is 6.75. The van der Waals surface area contributed by atoms with Gasteiger partial charge < -0.3 is 6.92 Å². The Bertz CT molecular complexity index is 20.5. The van der Waals surface area contributed by atoms with Gasteiger partial charge in [-0.15, -0.1) is 12.4 Å². The van der Waals surface area contributed by atoms with Crippen molar-refractivity contribution < 1.29 is 19.5 Å². The molecule has 0 atom stereocenters. The van der Waals surface area contributed by atoms with Gasteiger partial charge >= 0.3 is 0 Å². The molecule has 0 aromatic rings. The van der Waals surface area contributed by atoms with Gasteiger partial charge in [0.2, 0.25) is 0 Å². The van der Waals surface area contributed by atoms with Crippen LogP contribution < -0.4 is 0 Å². The van der Waals surface area contributed by atoms with Gasteiger partial charge in [-0.3, -0.25) is 0 Å². The summed E-state index contributed by atoms with van der Waals surface area (Å²) >= 11 is 0. The van der Waals surface area contributed by atoms with Gasteiger partial charge in [-0.25, -0.2) is 0 Å². The number of unbranched alkanes of at least 4 members (excludes halogenated alkanes) is 3. The van der Waals surface area contributed by atoms with Crippen molar-refractivity contribution in [2.75, 3.05) is 0 Å². The van der Waals surface area contributed by atoms with Crippen molar-refractivity contribution >= 4 is 12.4 Å². The largest absolute Gasteiger partial charge is 0.343 e. The van der Waals surface area contributed by atoms with E-state index in [1.165, 1.54) is 19.3 Å². The first-order valence-electron chi connectivity index (χ1n) is 2.71. The van der Waals surface area contributed by atoms with Gasteiger partial charge in [-0.2, -0.15) is 6.42 Å². The van der Waals surface area contributed by atoms with Crippen LogP contribution in [0.2, 0.25) is 0 Å². The van der Waals surface area contributed by atoms with Crippen molar-refractivity contribution in [3.05, 3.63) is 6.92 Å². The van der Waals surface area contributed by atoms with Crippen molar-refractivity contribution in [2.24, 2.45) is 0 Å². The van der Waals surface area contributed by atoms with Crippen LogP contribution in [-0.2, 0) is 19.5 Å². The molecule has 0 aromatic heterocycles. The molecule has 0 saturated heterocycles. The maximum atomic E-state index is 3.72. The zero-order valence-electron chi connectivity index (χ0n) is 5.65. The minimum absolute atomic E-state index is 0. The molecule has 0 nitrogen and oxygen atoms in total. The van der Waals surface area contributed by atoms with E-state index in [1.807, 2.05) is 0 Å². The van der Waals surface area contributed by atoms with E-state index < -0.39 is 0 Å². The van der Waals surface area contributed by atoms with Gasteiger partial charge in [0, 0.05) is 19.5 Å². The molecule has 0 aliphatic heterocycles. The van der Waals surface area contributed by atoms with E-state index in [0.29, 0.717) is 0 Å². The topological polar surface area (TPSA) is 0 Å². The summed E-state index contributed by atoms with van der Waals surface area (Å²) in [6.45, 7) is 5.93. The number of hydrogen-bond acceptors (Lipinski definition) is 0. The molecule has 0 bridgehead atoms. The van der Waals surface area contributed by atoms with Crippen LogP contribution in [0.4, 0.5) is 0 Å². The number of hydrogen-bond donors (Lipinski definition) is 0. The monoisotopic (exact) mass is 185 g/mol. The summed E-state index contributed by atoms with van der Waals surface area (Å²) in [4.78, 5) is 0. The Labute approximate surface area is 71.6 Å². The maximum absolute atomic E-state index is 3.72. The molecular formula is C6H14ClZn-. The fourth-order valence-electron chi connectivity index (χ4n) is 0.427. The smallest absolute Gasteiger partial charge is 0 e. The molecule has 0 aromatic carbocycles. The summed E-state index contributed by atoms with van der Waals surface area (Å²) < 4.78 is 0. The molecule has 0 aliphatic rings. The summed E-state index contributed by atoms with van der Waals surface area (Å²) in [7, 11) is 0. The first-order valence-corrected chi connectivity index (χ1v) is 2.71. The second-order valence-corrected chi connectivity index (χ2v) is 1.56. The molecule has 8 heavy (non-hydrogen) atoms. The summed E-state index contributed by atoms with van der Waals surface area (Å²) in [5.41, 5.74) is 0. The number of halogens is 1. The van der Waals surface area contributed by atoms with Gasteiger partial charge in [-0.1, -0.05) is 26.2 Å². The fourth-order valence-corrected chi connectivity index (χ4v) is 0.427. The Morgan fingerprint density at radius 3 is 1.88 bits per heavy atom. The third-order valence-electron chi connectivity index (χ3n) is 0.854. The van der Waals surface area contributed by atoms with E-state index in [4.69, 9.17) is 0 Å². The molecule has 0 N–H and O–H groups in total. The minimum atomic E-state index is 0. The molecule has 0 amide bonds. The summed E-state index contributed by atoms with van der Waals surface area (Å²) in [5, 5.41) is 0. The van der Waals surface area contributed by atoms with Crippen LogP contribution in [0.25, 0.3) is 0 Å². The molecular weight excluding hydrogens is 173 g/mol. The Morgan fingerprint density at radius 1 is 1.25 bits per heavy atom. The second kappa shape index (κ2) is 15.7. The molecule has 2 heteroatoms. The number of rotatable bonds is 3. The molecule has 0 fully saturated rings. The molecule has 0 spiro atoms. The molecule has 0 rings (SSSR count). The van der Waals surface area contributed by atoms with E-state index >= 15 is 0 Å². The van der Waals surface area contributed by atoms with E-state index in [9.17, 15) is 0 Å². The molecule has 0 aliphatic carbocycles. The van der Waals surface area contributed by atoms with Crippen LogP contribution >= 0.6 is 12.4 Å². The fraction of sp³-hybridized carbons (Fsp3) is 0.833. The van der Waals surface area contributed by atoms with Crippen LogP contribution in [0, 0.1) is 6.92 Å². The zero-order valence-corrected chi connectivity index (χ0v) is 9.43. The Morgan fingerprint density at radius 2 is 1.75 bits per heavy atom. The van der Waals surface area contributed by atoms with E-state index in [1.54, 1.807) is 0 Å². The van der Waals surface area contributed by atoms with Crippen LogP contribution in [0.5, 0.6) is 0 Å². The quantitative estimate of drug-likeness (QED) is 0.362.